The van der Waals surface area contributed by atoms with E-state index in [4.69, 9.17) is 6.42 Å². The van der Waals surface area contributed by atoms with Gasteiger partial charge < -0.3 is 15.2 Å². The molecule has 2 aromatic rings. The second-order valence-corrected chi connectivity index (χ2v) is 6.29. The Labute approximate surface area is 134 Å². The second kappa shape index (κ2) is 7.31. The third kappa shape index (κ3) is 4.36. The van der Waals surface area contributed by atoms with Crippen LogP contribution in [-0.4, -0.2) is 27.3 Å². The quantitative estimate of drug-likeness (QED) is 0.630. The summed E-state index contributed by atoms with van der Waals surface area (Å²) in [5.41, 5.74) is 0.814. The van der Waals surface area contributed by atoms with Crippen LogP contribution in [0.2, 0.25) is 0 Å². The van der Waals surface area contributed by atoms with Crippen molar-refractivity contribution in [2.45, 2.75) is 4.90 Å². The van der Waals surface area contributed by atoms with Crippen molar-refractivity contribution in [3.05, 3.63) is 34.9 Å². The van der Waals surface area contributed by atoms with Gasteiger partial charge in [0.1, 0.15) is 12.1 Å². The molecule has 0 radical (unpaired) electrons. The van der Waals surface area contributed by atoms with Crippen molar-refractivity contribution in [2.75, 3.05) is 23.4 Å². The van der Waals surface area contributed by atoms with Gasteiger partial charge in [0.05, 0.1) is 11.0 Å². The predicted molar refractivity (Wildman–Crippen MR) is 89.1 cm³/mol. The summed E-state index contributed by atoms with van der Waals surface area (Å²) in [6, 6.07) is 7.26. The van der Waals surface area contributed by atoms with E-state index in [9.17, 15) is 4.55 Å². The molecule has 1 aromatic carbocycles. The lowest BCUT2D eigenvalue weighted by molar-refractivity contribution is 0.601. The van der Waals surface area contributed by atoms with Crippen molar-refractivity contribution in [2.24, 2.45) is 0 Å². The highest BCUT2D eigenvalue weighted by molar-refractivity contribution is 9.10. The highest BCUT2D eigenvalue weighted by Crippen LogP contribution is 2.22. The lowest BCUT2D eigenvalue weighted by Gasteiger charge is -2.09. The van der Waals surface area contributed by atoms with Gasteiger partial charge in [0.2, 0.25) is 5.95 Å². The topological polar surface area (TPSA) is 72.9 Å². The third-order valence-corrected chi connectivity index (χ3v) is 4.06. The summed E-state index contributed by atoms with van der Waals surface area (Å²) in [4.78, 5) is 9.28. The van der Waals surface area contributed by atoms with Crippen molar-refractivity contribution in [1.29, 1.82) is 0 Å². The Hall–Kier alpha value is -1.75. The SMILES string of the molecule is C#CCNc1nc(Nc2ccc([S+](C)[O-])cc2)ncc1Br. The number of aromatic nitrogens is 2. The second-order valence-electron chi connectivity index (χ2n) is 4.05. The first-order chi connectivity index (χ1) is 10.1. The molecule has 0 amide bonds. The zero-order valence-corrected chi connectivity index (χ0v) is 13.7. The van der Waals surface area contributed by atoms with Gasteiger partial charge in [-0.1, -0.05) is 5.92 Å². The number of nitrogens with one attached hydrogen (secondary N) is 2. The first-order valence-electron chi connectivity index (χ1n) is 6.00. The summed E-state index contributed by atoms with van der Waals surface area (Å²) in [5.74, 6) is 3.56. The van der Waals surface area contributed by atoms with Crippen LogP contribution < -0.4 is 10.6 Å². The van der Waals surface area contributed by atoms with Crippen LogP contribution >= 0.6 is 15.9 Å². The van der Waals surface area contributed by atoms with Crippen molar-refractivity contribution < 1.29 is 4.55 Å². The molecular formula is C14H13BrN4OS. The van der Waals surface area contributed by atoms with Crippen LogP contribution in [0.4, 0.5) is 17.5 Å². The molecule has 0 aliphatic rings. The number of halogens is 1. The summed E-state index contributed by atoms with van der Waals surface area (Å²) in [6.07, 6.45) is 8.50. The summed E-state index contributed by atoms with van der Waals surface area (Å²) in [6.45, 7) is 0.381. The molecule has 5 nitrogen and oxygen atoms in total. The van der Waals surface area contributed by atoms with Crippen molar-refractivity contribution in [3.8, 4) is 12.3 Å². The lowest BCUT2D eigenvalue weighted by atomic mass is 10.3. The lowest BCUT2D eigenvalue weighted by Crippen LogP contribution is -2.05. The fourth-order valence-electron chi connectivity index (χ4n) is 1.55. The molecule has 2 rings (SSSR count). The fourth-order valence-corrected chi connectivity index (χ4v) is 2.40. The predicted octanol–water partition coefficient (Wildman–Crippen LogP) is 2.77. The summed E-state index contributed by atoms with van der Waals surface area (Å²) in [5, 5.41) is 6.08. The molecule has 1 heterocycles. The molecular weight excluding hydrogens is 352 g/mol. The van der Waals surface area contributed by atoms with Gasteiger partial charge in [-0.05, 0) is 51.4 Å². The smallest absolute Gasteiger partial charge is 0.229 e. The fraction of sp³-hybridized carbons (Fsp3) is 0.143. The maximum Gasteiger partial charge on any atom is 0.229 e. The maximum atomic E-state index is 11.3. The van der Waals surface area contributed by atoms with Crippen LogP contribution in [0.1, 0.15) is 0 Å². The molecule has 0 saturated heterocycles. The number of nitrogens with zero attached hydrogens (tertiary/aromatic N) is 2. The normalized spacial score (nSPS) is 11.5. The van der Waals surface area contributed by atoms with Crippen molar-refractivity contribution in [1.82, 2.24) is 9.97 Å². The van der Waals surface area contributed by atoms with Crippen LogP contribution in [0.15, 0.2) is 39.8 Å². The van der Waals surface area contributed by atoms with Gasteiger partial charge in [0.15, 0.2) is 4.90 Å². The van der Waals surface area contributed by atoms with E-state index in [0.29, 0.717) is 18.3 Å². The van der Waals surface area contributed by atoms with Gasteiger partial charge in [0.25, 0.3) is 0 Å². The van der Waals surface area contributed by atoms with Crippen LogP contribution in [0.25, 0.3) is 0 Å². The number of rotatable bonds is 5. The Kier molecular flexibility index (Phi) is 5.44. The molecule has 0 bridgehead atoms. The molecule has 108 valence electrons. The average Bonchev–Trinajstić information content (AvgIpc) is 2.48. The molecule has 0 aliphatic carbocycles. The molecule has 1 aromatic heterocycles. The van der Waals surface area contributed by atoms with Crippen molar-refractivity contribution in [3.63, 3.8) is 0 Å². The van der Waals surface area contributed by atoms with E-state index < -0.39 is 11.2 Å². The maximum absolute atomic E-state index is 11.3. The average molecular weight is 365 g/mol. The number of hydrogen-bond acceptors (Lipinski definition) is 5. The molecule has 0 aliphatic heterocycles. The van der Waals surface area contributed by atoms with Gasteiger partial charge >= 0.3 is 0 Å². The molecule has 0 spiro atoms. The standard InChI is InChI=1S/C14H13BrN4OS/c1-3-8-16-13-12(15)9-17-14(19-13)18-10-4-6-11(7-5-10)21(2)20/h1,4-7,9H,8H2,2H3,(H2,16,17,18,19). The van der Waals surface area contributed by atoms with E-state index in [1.807, 2.05) is 12.1 Å². The van der Waals surface area contributed by atoms with E-state index in [1.165, 1.54) is 0 Å². The molecule has 0 fully saturated rings. The molecule has 2 N–H and O–H groups in total. The molecule has 21 heavy (non-hydrogen) atoms. The largest absolute Gasteiger partial charge is 0.612 e. The third-order valence-electron chi connectivity index (χ3n) is 2.54. The zero-order chi connectivity index (χ0) is 15.2. The molecule has 7 heteroatoms. The Morgan fingerprint density at radius 1 is 1.38 bits per heavy atom. The number of benzene rings is 1. The Bertz CT molecular complexity index is 655. The minimum absolute atomic E-state index is 0.381. The van der Waals surface area contributed by atoms with Crippen LogP contribution in [-0.2, 0) is 11.2 Å². The molecule has 1 unspecified atom stereocenters. The van der Waals surface area contributed by atoms with Crippen molar-refractivity contribution >= 4 is 44.6 Å². The van der Waals surface area contributed by atoms with E-state index in [1.54, 1.807) is 24.6 Å². The van der Waals surface area contributed by atoms with E-state index in [0.717, 1.165) is 15.1 Å². The molecule has 0 saturated carbocycles. The first kappa shape index (κ1) is 15.6. The van der Waals surface area contributed by atoms with Crippen LogP contribution in [0.3, 0.4) is 0 Å². The van der Waals surface area contributed by atoms with Gasteiger partial charge in [-0.2, -0.15) is 4.98 Å². The summed E-state index contributed by atoms with van der Waals surface area (Å²) >= 11 is 2.37. The first-order valence-corrected chi connectivity index (χ1v) is 8.35. The van der Waals surface area contributed by atoms with Gasteiger partial charge in [0, 0.05) is 11.9 Å². The van der Waals surface area contributed by atoms with E-state index in [-0.39, 0.29) is 0 Å². The van der Waals surface area contributed by atoms with Gasteiger partial charge in [-0.15, -0.1) is 6.42 Å². The molecule has 1 atom stereocenters. The monoisotopic (exact) mass is 364 g/mol. The number of terminal acetylenes is 1. The summed E-state index contributed by atoms with van der Waals surface area (Å²) < 4.78 is 12.1. The van der Waals surface area contributed by atoms with Crippen LogP contribution in [0.5, 0.6) is 0 Å². The van der Waals surface area contributed by atoms with Gasteiger partial charge in [-0.3, -0.25) is 0 Å². The number of hydrogen-bond donors (Lipinski definition) is 2. The Morgan fingerprint density at radius 3 is 2.71 bits per heavy atom. The highest BCUT2D eigenvalue weighted by atomic mass is 79.9. The number of anilines is 3. The Morgan fingerprint density at radius 2 is 2.10 bits per heavy atom. The minimum Gasteiger partial charge on any atom is -0.612 e. The van der Waals surface area contributed by atoms with Gasteiger partial charge in [-0.25, -0.2) is 4.98 Å². The van der Waals surface area contributed by atoms with E-state index in [2.05, 4.69) is 42.5 Å². The highest BCUT2D eigenvalue weighted by Gasteiger charge is 2.06. The Balaban J connectivity index is 2.14. The zero-order valence-electron chi connectivity index (χ0n) is 11.3. The summed E-state index contributed by atoms with van der Waals surface area (Å²) in [7, 11) is 0. The van der Waals surface area contributed by atoms with Crippen LogP contribution in [0, 0.1) is 12.3 Å². The van der Waals surface area contributed by atoms with E-state index >= 15 is 0 Å². The minimum atomic E-state index is -0.988.